The minimum absolute atomic E-state index is 0. The second kappa shape index (κ2) is 13.5. The Morgan fingerprint density at radius 2 is 2.03 bits per heavy atom. The van der Waals surface area contributed by atoms with E-state index in [2.05, 4.69) is 33.7 Å². The summed E-state index contributed by atoms with van der Waals surface area (Å²) in [5, 5.41) is 11.4. The van der Waals surface area contributed by atoms with E-state index >= 15 is 0 Å². The molecule has 3 rings (SSSR count). The number of rotatable bonds is 10. The van der Waals surface area contributed by atoms with Crippen molar-refractivity contribution in [3.63, 3.8) is 0 Å². The molecule has 0 saturated heterocycles. The van der Waals surface area contributed by atoms with Gasteiger partial charge in [0, 0.05) is 32.7 Å². The molecule has 1 aromatic heterocycles. The van der Waals surface area contributed by atoms with Crippen molar-refractivity contribution in [1.29, 1.82) is 0 Å². The lowest BCUT2D eigenvalue weighted by Gasteiger charge is -2.25. The highest BCUT2D eigenvalue weighted by Gasteiger charge is 2.22. The lowest BCUT2D eigenvalue weighted by molar-refractivity contribution is 0.177. The number of nitrogens with zero attached hydrogens (tertiary/aromatic N) is 4. The van der Waals surface area contributed by atoms with Gasteiger partial charge in [0.15, 0.2) is 23.3 Å². The number of hydrogen-bond acceptors (Lipinski definition) is 6. The summed E-state index contributed by atoms with van der Waals surface area (Å²) < 4.78 is 17.8. The normalized spacial score (nSPS) is 15.5. The van der Waals surface area contributed by atoms with E-state index in [-0.39, 0.29) is 30.0 Å². The monoisotopic (exact) mass is 558 g/mol. The van der Waals surface area contributed by atoms with E-state index in [1.165, 1.54) is 5.56 Å². The maximum Gasteiger partial charge on any atom is 0.191 e. The summed E-state index contributed by atoms with van der Waals surface area (Å²) in [5.74, 6) is 4.13. The Kier molecular flexibility index (Phi) is 11.0. The minimum atomic E-state index is 0. The number of nitrogens with one attached hydrogen (secondary N) is 2. The first-order valence-corrected chi connectivity index (χ1v) is 10.8. The maximum atomic E-state index is 5.39. The zero-order valence-corrected chi connectivity index (χ0v) is 21.7. The average Bonchev–Trinajstić information content (AvgIpc) is 3.18. The van der Waals surface area contributed by atoms with Gasteiger partial charge in [0.2, 0.25) is 0 Å². The van der Waals surface area contributed by atoms with Gasteiger partial charge in [-0.05, 0) is 43.9 Å². The number of methoxy groups -OCH3 is 3. The smallest absolute Gasteiger partial charge is 0.191 e. The molecule has 2 N–H and O–H groups in total. The van der Waals surface area contributed by atoms with Crippen molar-refractivity contribution in [3.8, 4) is 11.5 Å². The largest absolute Gasteiger partial charge is 0.493 e. The molecule has 0 fully saturated rings. The third-order valence-corrected chi connectivity index (χ3v) is 5.20. The lowest BCUT2D eigenvalue weighted by atomic mass is 10.1. The van der Waals surface area contributed by atoms with E-state index in [4.69, 9.17) is 19.2 Å². The molecule has 1 aliphatic heterocycles. The number of aromatic nitrogens is 3. The summed E-state index contributed by atoms with van der Waals surface area (Å²) in [6.07, 6.45) is 3.77. The first-order chi connectivity index (χ1) is 15.2. The number of benzene rings is 1. The SMILES string of the molecule is CCNC(=NCCCc1ccc(OC)c(OC)c1)NC1CCc2nc(COC)nn2C1.I. The van der Waals surface area contributed by atoms with Crippen LogP contribution in [-0.2, 0) is 30.7 Å². The van der Waals surface area contributed by atoms with Crippen molar-refractivity contribution >= 4 is 29.9 Å². The molecule has 1 atom stereocenters. The standard InChI is InChI=1S/C22H34N6O3.HI/c1-5-23-22(24-12-6-7-16-8-10-18(30-3)19(13-16)31-4)25-17-9-11-21-26-20(15-29-2)27-28(21)14-17;/h8,10,13,17H,5-7,9,11-12,14-15H2,1-4H3,(H2,23,24,25);1H. The maximum absolute atomic E-state index is 5.39. The molecular weight excluding hydrogens is 523 g/mol. The summed E-state index contributed by atoms with van der Waals surface area (Å²) in [6, 6.07) is 6.32. The summed E-state index contributed by atoms with van der Waals surface area (Å²) in [7, 11) is 4.97. The summed E-state index contributed by atoms with van der Waals surface area (Å²) in [6.45, 7) is 4.86. The van der Waals surface area contributed by atoms with Gasteiger partial charge in [-0.2, -0.15) is 5.10 Å². The summed E-state index contributed by atoms with van der Waals surface area (Å²) in [5.41, 5.74) is 1.21. The highest BCUT2D eigenvalue weighted by atomic mass is 127. The lowest BCUT2D eigenvalue weighted by Crippen LogP contribution is -2.47. The Hall–Kier alpha value is -2.08. The second-order valence-electron chi connectivity index (χ2n) is 7.49. The van der Waals surface area contributed by atoms with Crippen LogP contribution >= 0.6 is 24.0 Å². The van der Waals surface area contributed by atoms with Gasteiger partial charge < -0.3 is 24.8 Å². The van der Waals surface area contributed by atoms with Crippen LogP contribution in [0.15, 0.2) is 23.2 Å². The van der Waals surface area contributed by atoms with Crippen LogP contribution in [-0.4, -0.2) is 61.2 Å². The van der Waals surface area contributed by atoms with Gasteiger partial charge in [0.25, 0.3) is 0 Å². The van der Waals surface area contributed by atoms with Gasteiger partial charge in [0.1, 0.15) is 12.4 Å². The molecule has 0 radical (unpaired) electrons. The molecule has 9 nitrogen and oxygen atoms in total. The molecule has 0 bridgehead atoms. The number of guanidine groups is 1. The summed E-state index contributed by atoms with van der Waals surface area (Å²) in [4.78, 5) is 9.30. The van der Waals surface area contributed by atoms with Crippen LogP contribution in [0.4, 0.5) is 0 Å². The van der Waals surface area contributed by atoms with Crippen LogP contribution in [0.3, 0.4) is 0 Å². The average molecular weight is 558 g/mol. The van der Waals surface area contributed by atoms with E-state index in [0.717, 1.165) is 74.4 Å². The van der Waals surface area contributed by atoms with E-state index < -0.39 is 0 Å². The predicted molar refractivity (Wildman–Crippen MR) is 135 cm³/mol. The van der Waals surface area contributed by atoms with Crippen LogP contribution in [0, 0.1) is 0 Å². The fourth-order valence-corrected chi connectivity index (χ4v) is 3.69. The van der Waals surface area contributed by atoms with E-state index in [1.54, 1.807) is 21.3 Å². The molecule has 0 spiro atoms. The third kappa shape index (κ3) is 7.22. The molecule has 0 saturated carbocycles. The number of hydrogen-bond donors (Lipinski definition) is 2. The first-order valence-electron chi connectivity index (χ1n) is 10.8. The van der Waals surface area contributed by atoms with E-state index in [1.807, 2.05) is 16.8 Å². The van der Waals surface area contributed by atoms with Crippen LogP contribution in [0.5, 0.6) is 11.5 Å². The second-order valence-corrected chi connectivity index (χ2v) is 7.49. The zero-order chi connectivity index (χ0) is 22.1. The Labute approximate surface area is 207 Å². The molecule has 32 heavy (non-hydrogen) atoms. The Morgan fingerprint density at radius 3 is 2.75 bits per heavy atom. The molecule has 2 heterocycles. The van der Waals surface area contributed by atoms with Crippen LogP contribution < -0.4 is 20.1 Å². The van der Waals surface area contributed by atoms with Gasteiger partial charge in [-0.25, -0.2) is 9.67 Å². The minimum Gasteiger partial charge on any atom is -0.493 e. The number of aryl methyl sites for hydroxylation is 2. The van der Waals surface area contributed by atoms with Gasteiger partial charge in [-0.1, -0.05) is 6.07 Å². The van der Waals surface area contributed by atoms with Gasteiger partial charge in [0.05, 0.1) is 20.8 Å². The van der Waals surface area contributed by atoms with Crippen molar-refractivity contribution in [3.05, 3.63) is 35.4 Å². The molecule has 178 valence electrons. The number of halogens is 1. The Bertz CT molecular complexity index is 873. The fourth-order valence-electron chi connectivity index (χ4n) is 3.69. The highest BCUT2D eigenvalue weighted by molar-refractivity contribution is 14.0. The number of ether oxygens (including phenoxy) is 3. The van der Waals surface area contributed by atoms with Crippen LogP contribution in [0.1, 0.15) is 37.0 Å². The Balaban J connectivity index is 0.00000363. The van der Waals surface area contributed by atoms with Gasteiger partial charge in [-0.3, -0.25) is 4.99 Å². The molecule has 0 aliphatic carbocycles. The van der Waals surface area contributed by atoms with Gasteiger partial charge >= 0.3 is 0 Å². The molecular formula is C22H35IN6O3. The first kappa shape index (κ1) is 26.2. The van der Waals surface area contributed by atoms with E-state index in [9.17, 15) is 0 Å². The van der Waals surface area contributed by atoms with Crippen molar-refractivity contribution < 1.29 is 14.2 Å². The molecule has 1 unspecified atom stereocenters. The topological polar surface area (TPSA) is 94.8 Å². The fraction of sp³-hybridized carbons (Fsp3) is 0.591. The van der Waals surface area contributed by atoms with Crippen molar-refractivity contribution in [2.75, 3.05) is 34.4 Å². The van der Waals surface area contributed by atoms with Crippen LogP contribution in [0.2, 0.25) is 0 Å². The summed E-state index contributed by atoms with van der Waals surface area (Å²) >= 11 is 0. The number of fused-ring (bicyclic) bond motifs is 1. The van der Waals surface area contributed by atoms with Crippen molar-refractivity contribution in [2.45, 2.75) is 51.8 Å². The zero-order valence-electron chi connectivity index (χ0n) is 19.4. The predicted octanol–water partition coefficient (Wildman–Crippen LogP) is 2.56. The molecule has 0 amide bonds. The molecule has 10 heteroatoms. The van der Waals surface area contributed by atoms with Crippen molar-refractivity contribution in [1.82, 2.24) is 25.4 Å². The Morgan fingerprint density at radius 1 is 1.22 bits per heavy atom. The van der Waals surface area contributed by atoms with Crippen molar-refractivity contribution in [2.24, 2.45) is 4.99 Å². The molecule has 1 aliphatic rings. The number of aliphatic imine (C=N–C) groups is 1. The molecule has 1 aromatic carbocycles. The van der Waals surface area contributed by atoms with Gasteiger partial charge in [-0.15, -0.1) is 24.0 Å². The third-order valence-electron chi connectivity index (χ3n) is 5.20. The van der Waals surface area contributed by atoms with Crippen LogP contribution in [0.25, 0.3) is 0 Å². The van der Waals surface area contributed by atoms with E-state index in [0.29, 0.717) is 6.61 Å². The molecule has 2 aromatic rings. The highest BCUT2D eigenvalue weighted by Crippen LogP contribution is 2.27. The quantitative estimate of drug-likeness (QED) is 0.200.